The van der Waals surface area contributed by atoms with E-state index in [9.17, 15) is 9.59 Å². The number of halogens is 2. The molecule has 3 amide bonds. The van der Waals surface area contributed by atoms with Gasteiger partial charge in [0.2, 0.25) is 0 Å². The van der Waals surface area contributed by atoms with Crippen LogP contribution in [0.15, 0.2) is 0 Å². The second-order valence-electron chi connectivity index (χ2n) is 1.48. The smallest absolute Gasteiger partial charge is 0.271 e. The predicted molar refractivity (Wildman–Crippen MR) is 33.7 cm³/mol. The van der Waals surface area contributed by atoms with Gasteiger partial charge < -0.3 is 0 Å². The average molecular weight is 213 g/mol. The number of amides is 3. The summed E-state index contributed by atoms with van der Waals surface area (Å²) in [6.45, 7) is -0.0639. The molecule has 0 N–H and O–H groups in total. The van der Waals surface area contributed by atoms with E-state index in [4.69, 9.17) is 11.8 Å². The molecule has 0 saturated carbocycles. The number of carbonyl (C=O) groups excluding carboxylic acids is 2. The van der Waals surface area contributed by atoms with Gasteiger partial charge in [-0.05, 0) is 0 Å². The normalized spacial score (nSPS) is 19.8. The van der Waals surface area contributed by atoms with E-state index in [0.717, 1.165) is 8.34 Å². The van der Waals surface area contributed by atoms with E-state index in [-0.39, 0.29) is 12.5 Å². The Morgan fingerprint density at radius 3 is 2.22 bits per heavy atom. The molecule has 0 aromatic heterocycles. The van der Waals surface area contributed by atoms with Crippen molar-refractivity contribution < 1.29 is 9.59 Å². The molecule has 1 aliphatic rings. The minimum atomic E-state index is -0.540. The summed E-state index contributed by atoms with van der Waals surface area (Å²) in [4.78, 5) is 21.1. The maximum atomic E-state index is 10.6. The molecule has 0 atom stereocenters. The highest BCUT2D eigenvalue weighted by Crippen LogP contribution is 2.15. The van der Waals surface area contributed by atoms with Crippen molar-refractivity contribution in [3.8, 4) is 0 Å². The van der Waals surface area contributed by atoms with Crippen molar-refractivity contribution in [2.45, 2.75) is 0 Å². The third kappa shape index (κ3) is 1.02. The zero-order valence-electron chi connectivity index (χ0n) is 4.17. The average Bonchev–Trinajstić information content (AvgIpc) is 1.98. The molecule has 1 rings (SSSR count). The summed E-state index contributed by atoms with van der Waals surface area (Å²) in [5.74, 6) is -0.352. The minimum Gasteiger partial charge on any atom is -0.271 e. The van der Waals surface area contributed by atoms with Crippen molar-refractivity contribution in [1.29, 1.82) is 0 Å². The lowest BCUT2D eigenvalue weighted by Gasteiger charge is -2.00. The van der Waals surface area contributed by atoms with Crippen molar-refractivity contribution >= 4 is 39.9 Å². The van der Waals surface area contributed by atoms with Crippen LogP contribution in [0, 0.1) is 0 Å². The molecule has 1 fully saturated rings. The molecule has 0 bridgehead atoms. The molecule has 6 heteroatoms. The number of rotatable bonds is 0. The molecule has 0 radical (unpaired) electrons. The van der Waals surface area contributed by atoms with E-state index < -0.39 is 6.03 Å². The number of carbonyl (C=O) groups is 2. The van der Waals surface area contributed by atoms with Crippen LogP contribution in [-0.4, -0.2) is 26.8 Å². The Hall–Kier alpha value is -0.290. The van der Waals surface area contributed by atoms with Gasteiger partial charge in [0.1, 0.15) is 6.54 Å². The monoisotopic (exact) mass is 212 g/mol. The SMILES string of the molecule is O=C1CN(Cl)C(=O)N1Br. The Bertz CT molecular complexity index is 173. The molecule has 0 aromatic rings. The summed E-state index contributed by atoms with van der Waals surface area (Å²) in [5, 5.41) is 0. The fourth-order valence-corrected chi connectivity index (χ4v) is 1.02. The van der Waals surface area contributed by atoms with Gasteiger partial charge >= 0.3 is 6.03 Å². The summed E-state index contributed by atoms with van der Waals surface area (Å²) >= 11 is 7.96. The molecule has 0 unspecified atom stereocenters. The Morgan fingerprint density at radius 2 is 2.11 bits per heavy atom. The van der Waals surface area contributed by atoms with Crippen LogP contribution in [0.4, 0.5) is 4.79 Å². The molecular weight excluding hydrogens is 211 g/mol. The summed E-state index contributed by atoms with van der Waals surface area (Å²) in [5.41, 5.74) is 0. The zero-order valence-corrected chi connectivity index (χ0v) is 6.52. The molecule has 9 heavy (non-hydrogen) atoms. The van der Waals surface area contributed by atoms with Crippen molar-refractivity contribution in [2.75, 3.05) is 6.54 Å². The summed E-state index contributed by atoms with van der Waals surface area (Å²) in [7, 11) is 0. The highest BCUT2D eigenvalue weighted by Gasteiger charge is 2.33. The van der Waals surface area contributed by atoms with Crippen LogP contribution in [0.1, 0.15) is 0 Å². The minimum absolute atomic E-state index is 0.0639. The number of hydrogen-bond donors (Lipinski definition) is 0. The second kappa shape index (κ2) is 2.15. The van der Waals surface area contributed by atoms with Gasteiger partial charge in [-0.15, -0.1) is 0 Å². The standard InChI is InChI=1S/C3H2BrClN2O2/c4-7-2(8)1-6(5)3(7)9/h1H2. The van der Waals surface area contributed by atoms with E-state index >= 15 is 0 Å². The third-order valence-corrected chi connectivity index (χ3v) is 1.83. The van der Waals surface area contributed by atoms with E-state index in [2.05, 4.69) is 16.1 Å². The lowest BCUT2D eigenvalue weighted by molar-refractivity contribution is -0.121. The first-order chi connectivity index (χ1) is 4.13. The molecule has 4 nitrogen and oxygen atoms in total. The number of hydrogen-bond acceptors (Lipinski definition) is 2. The predicted octanol–water partition coefficient (Wildman–Crippen LogP) is 0.714. The molecule has 0 spiro atoms. The van der Waals surface area contributed by atoms with Crippen molar-refractivity contribution in [3.05, 3.63) is 0 Å². The van der Waals surface area contributed by atoms with Gasteiger partial charge in [-0.1, -0.05) is 0 Å². The Morgan fingerprint density at radius 1 is 1.56 bits per heavy atom. The first-order valence-electron chi connectivity index (χ1n) is 2.09. The number of imide groups is 1. The quantitative estimate of drug-likeness (QED) is 0.439. The maximum absolute atomic E-state index is 10.6. The molecular formula is C3H2BrClN2O2. The Balaban J connectivity index is 2.77. The van der Waals surface area contributed by atoms with Gasteiger partial charge in [0, 0.05) is 11.8 Å². The molecule has 0 aliphatic carbocycles. The Labute approximate surface area is 64.8 Å². The summed E-state index contributed by atoms with van der Waals surface area (Å²) < 4.78 is 1.59. The van der Waals surface area contributed by atoms with Crippen LogP contribution >= 0.6 is 27.9 Å². The molecule has 50 valence electrons. The second-order valence-corrected chi connectivity index (χ2v) is 2.59. The summed E-state index contributed by atoms with van der Waals surface area (Å²) in [6, 6.07) is -0.540. The van der Waals surface area contributed by atoms with Crippen LogP contribution in [0.3, 0.4) is 0 Å². The first-order valence-corrected chi connectivity index (χ1v) is 3.13. The highest BCUT2D eigenvalue weighted by molar-refractivity contribution is 9.08. The van der Waals surface area contributed by atoms with Gasteiger partial charge in [-0.3, -0.25) is 4.79 Å². The fourth-order valence-electron chi connectivity index (χ4n) is 0.450. The highest BCUT2D eigenvalue weighted by atomic mass is 79.9. The molecule has 0 aromatic carbocycles. The number of nitrogens with zero attached hydrogens (tertiary/aromatic N) is 2. The van der Waals surface area contributed by atoms with E-state index in [1.165, 1.54) is 0 Å². The van der Waals surface area contributed by atoms with E-state index in [1.807, 2.05) is 0 Å². The van der Waals surface area contributed by atoms with Crippen molar-refractivity contribution in [3.63, 3.8) is 0 Å². The largest absolute Gasteiger partial charge is 0.352 e. The molecule has 1 aliphatic heterocycles. The van der Waals surface area contributed by atoms with Crippen molar-refractivity contribution in [2.24, 2.45) is 0 Å². The van der Waals surface area contributed by atoms with E-state index in [0.29, 0.717) is 0 Å². The zero-order chi connectivity index (χ0) is 7.02. The van der Waals surface area contributed by atoms with Gasteiger partial charge in [0.05, 0.1) is 16.1 Å². The van der Waals surface area contributed by atoms with E-state index in [1.54, 1.807) is 0 Å². The topological polar surface area (TPSA) is 40.6 Å². The van der Waals surface area contributed by atoms with Crippen LogP contribution in [0.25, 0.3) is 0 Å². The lowest BCUT2D eigenvalue weighted by atomic mass is 10.7. The van der Waals surface area contributed by atoms with Gasteiger partial charge in [0.15, 0.2) is 0 Å². The van der Waals surface area contributed by atoms with Gasteiger partial charge in [-0.2, -0.15) is 3.93 Å². The maximum Gasteiger partial charge on any atom is 0.352 e. The van der Waals surface area contributed by atoms with Gasteiger partial charge in [-0.25, -0.2) is 9.21 Å². The fraction of sp³-hybridized carbons (Fsp3) is 0.333. The van der Waals surface area contributed by atoms with Crippen molar-refractivity contribution in [1.82, 2.24) is 8.34 Å². The first kappa shape index (κ1) is 6.82. The van der Waals surface area contributed by atoms with Gasteiger partial charge in [0.25, 0.3) is 5.91 Å². The molecule has 1 saturated heterocycles. The number of urea groups is 1. The van der Waals surface area contributed by atoms with Crippen LogP contribution in [0.2, 0.25) is 0 Å². The Kier molecular flexibility index (Phi) is 1.63. The molecule has 1 heterocycles. The van der Waals surface area contributed by atoms with Crippen LogP contribution in [-0.2, 0) is 4.79 Å². The van der Waals surface area contributed by atoms with Crippen LogP contribution in [0.5, 0.6) is 0 Å². The summed E-state index contributed by atoms with van der Waals surface area (Å²) in [6.07, 6.45) is 0. The third-order valence-electron chi connectivity index (χ3n) is 0.869. The lowest BCUT2D eigenvalue weighted by Crippen LogP contribution is -2.19. The van der Waals surface area contributed by atoms with Crippen LogP contribution < -0.4 is 0 Å².